The van der Waals surface area contributed by atoms with Gasteiger partial charge in [-0.2, -0.15) is 0 Å². The van der Waals surface area contributed by atoms with Gasteiger partial charge in [-0.1, -0.05) is 0 Å². The van der Waals surface area contributed by atoms with Crippen molar-refractivity contribution < 1.29 is 9.84 Å². The maximum absolute atomic E-state index is 9.17. The van der Waals surface area contributed by atoms with E-state index in [0.717, 1.165) is 25.9 Å². The monoisotopic (exact) mass is 144 g/mol. The second kappa shape index (κ2) is 3.94. The first-order valence-corrected chi connectivity index (χ1v) is 4.01. The van der Waals surface area contributed by atoms with E-state index in [4.69, 9.17) is 9.84 Å². The molecule has 2 unspecified atom stereocenters. The fraction of sp³-hybridized carbons (Fsp3) is 1.00. The molecule has 0 aromatic heterocycles. The molecule has 0 bridgehead atoms. The smallest absolute Gasteiger partial charge is 0.0568 e. The highest BCUT2D eigenvalue weighted by Crippen LogP contribution is 2.30. The minimum atomic E-state index is -0.00291. The van der Waals surface area contributed by atoms with Crippen LogP contribution in [0.1, 0.15) is 25.7 Å². The molecule has 2 nitrogen and oxygen atoms in total. The lowest BCUT2D eigenvalue weighted by molar-refractivity contribution is 0.0150. The topological polar surface area (TPSA) is 29.5 Å². The number of methoxy groups -OCH3 is 1. The molecule has 0 heterocycles. The highest BCUT2D eigenvalue weighted by Gasteiger charge is 2.27. The predicted molar refractivity (Wildman–Crippen MR) is 39.8 cm³/mol. The summed E-state index contributed by atoms with van der Waals surface area (Å²) in [5.41, 5.74) is 0. The average molecular weight is 144 g/mol. The van der Waals surface area contributed by atoms with Crippen LogP contribution >= 0.6 is 0 Å². The Bertz CT molecular complexity index is 93.3. The minimum Gasteiger partial charge on any atom is -0.393 e. The van der Waals surface area contributed by atoms with Crippen molar-refractivity contribution in [1.29, 1.82) is 0 Å². The van der Waals surface area contributed by atoms with Crippen LogP contribution < -0.4 is 0 Å². The molecule has 0 spiro atoms. The van der Waals surface area contributed by atoms with Crippen LogP contribution in [0.5, 0.6) is 0 Å². The van der Waals surface area contributed by atoms with E-state index in [9.17, 15) is 0 Å². The summed E-state index contributed by atoms with van der Waals surface area (Å²) in [7, 11) is 1.72. The third-order valence-corrected chi connectivity index (χ3v) is 2.30. The summed E-state index contributed by atoms with van der Waals surface area (Å²) in [4.78, 5) is 0. The van der Waals surface area contributed by atoms with Crippen LogP contribution in [0.4, 0.5) is 0 Å². The molecule has 0 aromatic rings. The highest BCUT2D eigenvalue weighted by molar-refractivity contribution is 4.79. The van der Waals surface area contributed by atoms with E-state index in [-0.39, 0.29) is 6.10 Å². The highest BCUT2D eigenvalue weighted by atomic mass is 16.5. The zero-order chi connectivity index (χ0) is 7.40. The van der Waals surface area contributed by atoms with Crippen molar-refractivity contribution in [2.75, 3.05) is 13.7 Å². The van der Waals surface area contributed by atoms with Crippen LogP contribution in [0.15, 0.2) is 0 Å². The van der Waals surface area contributed by atoms with Gasteiger partial charge in [-0.3, -0.25) is 0 Å². The molecule has 2 atom stereocenters. The molecule has 1 aliphatic carbocycles. The second-order valence-corrected chi connectivity index (χ2v) is 3.04. The second-order valence-electron chi connectivity index (χ2n) is 3.04. The summed E-state index contributed by atoms with van der Waals surface area (Å²) in [6.45, 7) is 0.837. The van der Waals surface area contributed by atoms with E-state index in [1.807, 2.05) is 0 Å². The summed E-state index contributed by atoms with van der Waals surface area (Å²) in [5.74, 6) is 0.579. The number of rotatable bonds is 4. The lowest BCUT2D eigenvalue weighted by Crippen LogP contribution is -2.31. The fourth-order valence-electron chi connectivity index (χ4n) is 1.38. The SMILES string of the molecule is COCCCC1CCC1O. The average Bonchev–Trinajstić information content (AvgIpc) is 1.95. The van der Waals surface area contributed by atoms with Gasteiger partial charge in [-0.05, 0) is 31.6 Å². The molecule has 1 saturated carbocycles. The molecule has 0 radical (unpaired) electrons. The molecular weight excluding hydrogens is 128 g/mol. The summed E-state index contributed by atoms with van der Waals surface area (Å²) in [5, 5.41) is 9.17. The third kappa shape index (κ3) is 1.96. The first-order chi connectivity index (χ1) is 4.84. The van der Waals surface area contributed by atoms with Crippen molar-refractivity contribution in [3.05, 3.63) is 0 Å². The zero-order valence-electron chi connectivity index (χ0n) is 6.55. The van der Waals surface area contributed by atoms with Crippen molar-refractivity contribution in [2.45, 2.75) is 31.8 Å². The fourth-order valence-corrected chi connectivity index (χ4v) is 1.38. The van der Waals surface area contributed by atoms with Gasteiger partial charge < -0.3 is 9.84 Å². The van der Waals surface area contributed by atoms with Crippen LogP contribution in [-0.4, -0.2) is 24.9 Å². The van der Waals surface area contributed by atoms with Gasteiger partial charge in [0.15, 0.2) is 0 Å². The van der Waals surface area contributed by atoms with E-state index in [1.165, 1.54) is 6.42 Å². The molecule has 1 N–H and O–H groups in total. The number of aliphatic hydroxyl groups excluding tert-OH is 1. The normalized spacial score (nSPS) is 31.8. The van der Waals surface area contributed by atoms with Gasteiger partial charge in [-0.15, -0.1) is 0 Å². The summed E-state index contributed by atoms with van der Waals surface area (Å²) >= 11 is 0. The van der Waals surface area contributed by atoms with Crippen molar-refractivity contribution in [1.82, 2.24) is 0 Å². The molecule has 1 aliphatic rings. The van der Waals surface area contributed by atoms with E-state index in [1.54, 1.807) is 7.11 Å². The Morgan fingerprint density at radius 3 is 2.70 bits per heavy atom. The van der Waals surface area contributed by atoms with Crippen LogP contribution in [0.25, 0.3) is 0 Å². The van der Waals surface area contributed by atoms with Crippen molar-refractivity contribution >= 4 is 0 Å². The Labute approximate surface area is 62.2 Å². The molecule has 0 aromatic carbocycles. The van der Waals surface area contributed by atoms with E-state index >= 15 is 0 Å². The maximum atomic E-state index is 9.17. The molecule has 1 fully saturated rings. The Balaban J connectivity index is 1.92. The lowest BCUT2D eigenvalue weighted by atomic mass is 9.79. The number of hydrogen-bond donors (Lipinski definition) is 1. The largest absolute Gasteiger partial charge is 0.393 e. The van der Waals surface area contributed by atoms with Gasteiger partial charge in [0.2, 0.25) is 0 Å². The van der Waals surface area contributed by atoms with E-state index in [0.29, 0.717) is 5.92 Å². The van der Waals surface area contributed by atoms with Gasteiger partial charge in [0.25, 0.3) is 0 Å². The van der Waals surface area contributed by atoms with E-state index < -0.39 is 0 Å². The first kappa shape index (κ1) is 8.02. The van der Waals surface area contributed by atoms with Gasteiger partial charge in [0, 0.05) is 13.7 Å². The van der Waals surface area contributed by atoms with Crippen molar-refractivity contribution in [3.63, 3.8) is 0 Å². The van der Waals surface area contributed by atoms with E-state index in [2.05, 4.69) is 0 Å². The maximum Gasteiger partial charge on any atom is 0.0568 e. The number of hydrogen-bond acceptors (Lipinski definition) is 2. The van der Waals surface area contributed by atoms with Gasteiger partial charge in [-0.25, -0.2) is 0 Å². The standard InChI is InChI=1S/C8H16O2/c1-10-6-2-3-7-4-5-8(7)9/h7-9H,2-6H2,1H3. The molecule has 10 heavy (non-hydrogen) atoms. The zero-order valence-corrected chi connectivity index (χ0v) is 6.55. The Kier molecular flexibility index (Phi) is 3.16. The van der Waals surface area contributed by atoms with Crippen molar-refractivity contribution in [2.24, 2.45) is 5.92 Å². The summed E-state index contributed by atoms with van der Waals surface area (Å²) in [6, 6.07) is 0. The molecule has 2 heteroatoms. The molecule has 0 aliphatic heterocycles. The number of ether oxygens (including phenoxy) is 1. The summed E-state index contributed by atoms with van der Waals surface area (Å²) in [6.07, 6.45) is 4.45. The van der Waals surface area contributed by atoms with Crippen LogP contribution in [0.3, 0.4) is 0 Å². The van der Waals surface area contributed by atoms with Crippen molar-refractivity contribution in [3.8, 4) is 0 Å². The summed E-state index contributed by atoms with van der Waals surface area (Å²) < 4.78 is 4.91. The molecule has 1 rings (SSSR count). The Morgan fingerprint density at radius 2 is 2.30 bits per heavy atom. The Hall–Kier alpha value is -0.0800. The van der Waals surface area contributed by atoms with Crippen LogP contribution in [0, 0.1) is 5.92 Å². The molecule has 0 saturated heterocycles. The van der Waals surface area contributed by atoms with Gasteiger partial charge in [0.05, 0.1) is 6.10 Å². The molecule has 0 amide bonds. The third-order valence-electron chi connectivity index (χ3n) is 2.30. The lowest BCUT2D eigenvalue weighted by Gasteiger charge is -2.32. The quantitative estimate of drug-likeness (QED) is 0.600. The predicted octanol–water partition coefficient (Wildman–Crippen LogP) is 1.18. The van der Waals surface area contributed by atoms with Gasteiger partial charge >= 0.3 is 0 Å². The van der Waals surface area contributed by atoms with Crippen LogP contribution in [0.2, 0.25) is 0 Å². The number of aliphatic hydroxyl groups is 1. The Morgan fingerprint density at radius 1 is 1.50 bits per heavy atom. The first-order valence-electron chi connectivity index (χ1n) is 4.01. The minimum absolute atomic E-state index is 0.00291. The molecular formula is C8H16O2. The molecule has 60 valence electrons. The van der Waals surface area contributed by atoms with Gasteiger partial charge in [0.1, 0.15) is 0 Å². The van der Waals surface area contributed by atoms with Crippen LogP contribution in [-0.2, 0) is 4.74 Å².